The number of guanidine groups is 1. The van der Waals surface area contributed by atoms with Crippen LogP contribution >= 0.6 is 24.0 Å². The molecule has 5 heteroatoms. The molecular formula is C20H33IN4. The molecule has 2 saturated heterocycles. The SMILES string of the molecule is CCN=C(NCC)N1CCC2C(CCCN2Cc2ccccc2)C1.I. The van der Waals surface area contributed by atoms with Crippen molar-refractivity contribution in [2.75, 3.05) is 32.7 Å². The molecule has 0 spiro atoms. The Morgan fingerprint density at radius 2 is 1.96 bits per heavy atom. The third kappa shape index (κ3) is 5.33. The van der Waals surface area contributed by atoms with Gasteiger partial charge in [-0.3, -0.25) is 9.89 Å². The van der Waals surface area contributed by atoms with Crippen molar-refractivity contribution < 1.29 is 0 Å². The maximum Gasteiger partial charge on any atom is 0.193 e. The highest BCUT2D eigenvalue weighted by atomic mass is 127. The second kappa shape index (κ2) is 10.4. The minimum absolute atomic E-state index is 0. The Balaban J connectivity index is 0.00000225. The summed E-state index contributed by atoms with van der Waals surface area (Å²) >= 11 is 0. The number of rotatable bonds is 4. The first kappa shape index (κ1) is 20.5. The number of nitrogens with one attached hydrogen (secondary N) is 1. The van der Waals surface area contributed by atoms with Crippen LogP contribution in [0.25, 0.3) is 0 Å². The monoisotopic (exact) mass is 456 g/mol. The molecule has 0 aliphatic carbocycles. The van der Waals surface area contributed by atoms with Crippen molar-refractivity contribution in [1.29, 1.82) is 0 Å². The van der Waals surface area contributed by atoms with E-state index in [0.29, 0.717) is 0 Å². The highest BCUT2D eigenvalue weighted by Gasteiger charge is 2.36. The summed E-state index contributed by atoms with van der Waals surface area (Å²) in [7, 11) is 0. The highest BCUT2D eigenvalue weighted by Crippen LogP contribution is 2.31. The van der Waals surface area contributed by atoms with Crippen LogP contribution in [0.2, 0.25) is 0 Å². The second-order valence-electron chi connectivity index (χ2n) is 6.99. The summed E-state index contributed by atoms with van der Waals surface area (Å²) in [6.07, 6.45) is 3.94. The van der Waals surface area contributed by atoms with Gasteiger partial charge in [0.15, 0.2) is 5.96 Å². The molecule has 1 aromatic carbocycles. The number of halogens is 1. The smallest absolute Gasteiger partial charge is 0.193 e. The van der Waals surface area contributed by atoms with Crippen LogP contribution in [0.3, 0.4) is 0 Å². The molecule has 0 radical (unpaired) electrons. The molecule has 2 fully saturated rings. The van der Waals surface area contributed by atoms with E-state index in [0.717, 1.165) is 50.6 Å². The van der Waals surface area contributed by atoms with Gasteiger partial charge in [-0.25, -0.2) is 0 Å². The quantitative estimate of drug-likeness (QED) is 0.427. The Hall–Kier alpha value is -0.820. The van der Waals surface area contributed by atoms with Crippen LogP contribution in [-0.2, 0) is 6.54 Å². The summed E-state index contributed by atoms with van der Waals surface area (Å²) in [6, 6.07) is 11.7. The Morgan fingerprint density at radius 3 is 2.68 bits per heavy atom. The predicted octanol–water partition coefficient (Wildman–Crippen LogP) is 3.58. The van der Waals surface area contributed by atoms with Crippen LogP contribution in [-0.4, -0.2) is 54.5 Å². The van der Waals surface area contributed by atoms with Crippen molar-refractivity contribution in [2.45, 2.75) is 45.7 Å². The molecule has 3 rings (SSSR count). The largest absolute Gasteiger partial charge is 0.357 e. The lowest BCUT2D eigenvalue weighted by Crippen LogP contribution is -2.56. The van der Waals surface area contributed by atoms with Gasteiger partial charge in [-0.15, -0.1) is 24.0 Å². The summed E-state index contributed by atoms with van der Waals surface area (Å²) in [5, 5.41) is 3.46. The van der Waals surface area contributed by atoms with E-state index in [4.69, 9.17) is 0 Å². The lowest BCUT2D eigenvalue weighted by Gasteiger charge is -2.48. The normalized spacial score (nSPS) is 24.4. The summed E-state index contributed by atoms with van der Waals surface area (Å²) in [6.45, 7) is 10.7. The van der Waals surface area contributed by atoms with E-state index >= 15 is 0 Å². The molecule has 2 atom stereocenters. The molecule has 1 N–H and O–H groups in total. The zero-order valence-corrected chi connectivity index (χ0v) is 18.0. The summed E-state index contributed by atoms with van der Waals surface area (Å²) in [5.41, 5.74) is 1.45. The summed E-state index contributed by atoms with van der Waals surface area (Å²) < 4.78 is 0. The minimum atomic E-state index is 0. The first-order chi connectivity index (χ1) is 11.8. The average Bonchev–Trinajstić information content (AvgIpc) is 2.62. The Kier molecular flexibility index (Phi) is 8.49. The number of hydrogen-bond acceptors (Lipinski definition) is 2. The fourth-order valence-corrected chi connectivity index (χ4v) is 4.29. The van der Waals surface area contributed by atoms with Crippen LogP contribution in [0.1, 0.15) is 38.7 Å². The van der Waals surface area contributed by atoms with Gasteiger partial charge in [-0.05, 0) is 51.1 Å². The van der Waals surface area contributed by atoms with E-state index in [9.17, 15) is 0 Å². The molecule has 2 unspecified atom stereocenters. The second-order valence-corrected chi connectivity index (χ2v) is 6.99. The van der Waals surface area contributed by atoms with Gasteiger partial charge in [0.2, 0.25) is 0 Å². The Bertz CT molecular complexity index is 534. The first-order valence-electron chi connectivity index (χ1n) is 9.63. The van der Waals surface area contributed by atoms with Gasteiger partial charge < -0.3 is 10.2 Å². The van der Waals surface area contributed by atoms with Crippen molar-refractivity contribution in [3.05, 3.63) is 35.9 Å². The van der Waals surface area contributed by atoms with E-state index in [1.807, 2.05) is 0 Å². The van der Waals surface area contributed by atoms with Gasteiger partial charge >= 0.3 is 0 Å². The summed E-state index contributed by atoms with van der Waals surface area (Å²) in [4.78, 5) is 9.89. The molecule has 1 aromatic rings. The number of aliphatic imine (C=N–C) groups is 1. The molecule has 2 aliphatic rings. The molecule has 4 nitrogen and oxygen atoms in total. The van der Waals surface area contributed by atoms with Gasteiger partial charge in [0, 0.05) is 38.8 Å². The van der Waals surface area contributed by atoms with Crippen LogP contribution in [0.15, 0.2) is 35.3 Å². The fraction of sp³-hybridized carbons (Fsp3) is 0.650. The lowest BCUT2D eigenvalue weighted by atomic mass is 9.83. The fourth-order valence-electron chi connectivity index (χ4n) is 4.29. The van der Waals surface area contributed by atoms with E-state index in [-0.39, 0.29) is 24.0 Å². The van der Waals surface area contributed by atoms with Crippen molar-refractivity contribution in [1.82, 2.24) is 15.1 Å². The number of nitrogens with zero attached hydrogens (tertiary/aromatic N) is 3. The maximum absolute atomic E-state index is 4.68. The van der Waals surface area contributed by atoms with Gasteiger partial charge in [-0.2, -0.15) is 0 Å². The average molecular weight is 456 g/mol. The van der Waals surface area contributed by atoms with E-state index in [1.54, 1.807) is 0 Å². The molecule has 0 amide bonds. The number of benzene rings is 1. The Labute approximate surface area is 170 Å². The van der Waals surface area contributed by atoms with E-state index in [2.05, 4.69) is 64.3 Å². The van der Waals surface area contributed by atoms with Crippen LogP contribution < -0.4 is 5.32 Å². The topological polar surface area (TPSA) is 30.9 Å². The van der Waals surface area contributed by atoms with Gasteiger partial charge in [0.1, 0.15) is 0 Å². The molecule has 2 heterocycles. The van der Waals surface area contributed by atoms with Crippen LogP contribution in [0.5, 0.6) is 0 Å². The Morgan fingerprint density at radius 1 is 1.16 bits per heavy atom. The third-order valence-corrected chi connectivity index (χ3v) is 5.35. The van der Waals surface area contributed by atoms with Gasteiger partial charge in [0.25, 0.3) is 0 Å². The van der Waals surface area contributed by atoms with Gasteiger partial charge in [-0.1, -0.05) is 30.3 Å². The number of likely N-dealkylation sites (tertiary alicyclic amines) is 2. The molecule has 140 valence electrons. The van der Waals surface area contributed by atoms with Crippen molar-refractivity contribution >= 4 is 29.9 Å². The van der Waals surface area contributed by atoms with E-state index < -0.39 is 0 Å². The molecular weight excluding hydrogens is 423 g/mol. The van der Waals surface area contributed by atoms with Crippen LogP contribution in [0.4, 0.5) is 0 Å². The standard InChI is InChI=1S/C20H32N4.HI/c1-3-21-20(22-4-2)24-14-12-19-18(16-24)11-8-13-23(19)15-17-9-6-5-7-10-17;/h5-7,9-10,18-19H,3-4,8,11-16H2,1-2H3,(H,21,22);1H. The van der Waals surface area contributed by atoms with Crippen molar-refractivity contribution in [2.24, 2.45) is 10.9 Å². The summed E-state index contributed by atoms with van der Waals surface area (Å²) in [5.74, 6) is 1.88. The lowest BCUT2D eigenvalue weighted by molar-refractivity contribution is 0.0372. The van der Waals surface area contributed by atoms with Gasteiger partial charge in [0.05, 0.1) is 0 Å². The molecule has 0 saturated carbocycles. The molecule has 0 bridgehead atoms. The van der Waals surface area contributed by atoms with Crippen molar-refractivity contribution in [3.8, 4) is 0 Å². The zero-order chi connectivity index (χ0) is 16.8. The predicted molar refractivity (Wildman–Crippen MR) is 117 cm³/mol. The number of hydrogen-bond donors (Lipinski definition) is 1. The molecule has 0 aromatic heterocycles. The zero-order valence-electron chi connectivity index (χ0n) is 15.7. The molecule has 2 aliphatic heterocycles. The number of piperidine rings is 2. The highest BCUT2D eigenvalue weighted by molar-refractivity contribution is 14.0. The van der Waals surface area contributed by atoms with E-state index in [1.165, 1.54) is 31.4 Å². The molecule has 25 heavy (non-hydrogen) atoms. The minimum Gasteiger partial charge on any atom is -0.357 e. The number of fused-ring (bicyclic) bond motifs is 1. The maximum atomic E-state index is 4.68. The first-order valence-corrected chi connectivity index (χ1v) is 9.63. The van der Waals surface area contributed by atoms with Crippen molar-refractivity contribution in [3.63, 3.8) is 0 Å². The third-order valence-electron chi connectivity index (χ3n) is 5.35. The van der Waals surface area contributed by atoms with Crippen LogP contribution in [0, 0.1) is 5.92 Å².